The number of hydrogen-bond acceptors (Lipinski definition) is 2. The maximum atomic E-state index is 13.5. The number of thiophene rings is 1. The van der Waals surface area contributed by atoms with Crippen LogP contribution in [0.4, 0.5) is 4.39 Å². The van der Waals surface area contributed by atoms with Crippen LogP contribution in [0.15, 0.2) is 33.2 Å². The Bertz CT molecular complexity index is 548. The van der Waals surface area contributed by atoms with Crippen LogP contribution in [-0.4, -0.2) is 7.05 Å². The van der Waals surface area contributed by atoms with E-state index in [-0.39, 0.29) is 11.9 Å². The van der Waals surface area contributed by atoms with Gasteiger partial charge in [-0.25, -0.2) is 4.39 Å². The summed E-state index contributed by atoms with van der Waals surface area (Å²) in [6.45, 7) is 2.06. The second-order valence-electron chi connectivity index (χ2n) is 3.99. The first-order chi connectivity index (χ1) is 8.51. The second-order valence-corrected chi connectivity index (χ2v) is 7.05. The number of rotatable bonds is 3. The van der Waals surface area contributed by atoms with E-state index >= 15 is 0 Å². The third kappa shape index (κ3) is 3.02. The van der Waals surface area contributed by atoms with Crippen molar-refractivity contribution in [1.29, 1.82) is 0 Å². The van der Waals surface area contributed by atoms with Crippen LogP contribution in [-0.2, 0) is 0 Å². The van der Waals surface area contributed by atoms with Gasteiger partial charge in [-0.05, 0) is 59.7 Å². The van der Waals surface area contributed by atoms with E-state index in [2.05, 4.69) is 50.2 Å². The number of benzene rings is 1. The molecular formula is C13H12Br2FNS. The van der Waals surface area contributed by atoms with Gasteiger partial charge in [0.25, 0.3) is 0 Å². The molecule has 1 aromatic carbocycles. The first-order valence-electron chi connectivity index (χ1n) is 5.40. The lowest BCUT2D eigenvalue weighted by Gasteiger charge is -2.16. The summed E-state index contributed by atoms with van der Waals surface area (Å²) in [6.07, 6.45) is 0. The molecule has 1 nitrogen and oxygen atoms in total. The van der Waals surface area contributed by atoms with Crippen LogP contribution in [0.25, 0.3) is 0 Å². The Hall–Kier alpha value is -0.230. The predicted molar refractivity (Wildman–Crippen MR) is 81.8 cm³/mol. The summed E-state index contributed by atoms with van der Waals surface area (Å²) < 4.78 is 15.3. The highest BCUT2D eigenvalue weighted by Gasteiger charge is 2.18. The van der Waals surface area contributed by atoms with Gasteiger partial charge in [-0.2, -0.15) is 0 Å². The van der Waals surface area contributed by atoms with Gasteiger partial charge in [0.15, 0.2) is 0 Å². The molecule has 1 unspecified atom stereocenters. The van der Waals surface area contributed by atoms with Crippen LogP contribution >= 0.6 is 43.2 Å². The maximum Gasteiger partial charge on any atom is 0.124 e. The smallest absolute Gasteiger partial charge is 0.124 e. The second kappa shape index (κ2) is 5.82. The van der Waals surface area contributed by atoms with Crippen LogP contribution in [0, 0.1) is 12.7 Å². The SMILES string of the molecule is CNC(c1cc(F)cc(Br)c1)c1sc(C)cc1Br. The van der Waals surface area contributed by atoms with Crippen LogP contribution in [0.1, 0.15) is 21.4 Å². The van der Waals surface area contributed by atoms with E-state index in [1.54, 1.807) is 17.4 Å². The summed E-state index contributed by atoms with van der Waals surface area (Å²) in [6, 6.07) is 7.04. The molecule has 0 aliphatic heterocycles. The Labute approximate surface area is 127 Å². The third-order valence-corrected chi connectivity index (χ3v) is 5.10. The van der Waals surface area contributed by atoms with Gasteiger partial charge >= 0.3 is 0 Å². The van der Waals surface area contributed by atoms with Gasteiger partial charge in [0.05, 0.1) is 6.04 Å². The van der Waals surface area contributed by atoms with Crippen molar-refractivity contribution in [2.24, 2.45) is 0 Å². The predicted octanol–water partition coefficient (Wildman–Crippen LogP) is 5.03. The molecule has 18 heavy (non-hydrogen) atoms. The molecular weight excluding hydrogens is 381 g/mol. The van der Waals surface area contributed by atoms with Crippen molar-refractivity contribution in [3.05, 3.63) is 54.3 Å². The Morgan fingerprint density at radius 2 is 1.94 bits per heavy atom. The summed E-state index contributed by atoms with van der Waals surface area (Å²) in [5.41, 5.74) is 0.909. The minimum Gasteiger partial charge on any atom is -0.309 e. The van der Waals surface area contributed by atoms with Crippen molar-refractivity contribution in [3.63, 3.8) is 0 Å². The first kappa shape index (κ1) is 14.2. The number of nitrogens with one attached hydrogen (secondary N) is 1. The summed E-state index contributed by atoms with van der Waals surface area (Å²) in [5.74, 6) is -0.232. The zero-order chi connectivity index (χ0) is 13.3. The molecule has 2 rings (SSSR count). The molecule has 1 aromatic heterocycles. The van der Waals surface area contributed by atoms with Crippen molar-refractivity contribution in [3.8, 4) is 0 Å². The molecule has 1 atom stereocenters. The van der Waals surface area contributed by atoms with Crippen LogP contribution in [0.5, 0.6) is 0 Å². The van der Waals surface area contributed by atoms with E-state index in [0.29, 0.717) is 0 Å². The van der Waals surface area contributed by atoms with Gasteiger partial charge in [0, 0.05) is 18.7 Å². The summed E-state index contributed by atoms with van der Waals surface area (Å²) >= 11 is 8.59. The molecule has 96 valence electrons. The molecule has 5 heteroatoms. The number of aryl methyl sites for hydroxylation is 1. The van der Waals surface area contributed by atoms with Gasteiger partial charge < -0.3 is 5.32 Å². The van der Waals surface area contributed by atoms with E-state index in [1.807, 2.05) is 13.1 Å². The van der Waals surface area contributed by atoms with Crippen molar-refractivity contribution in [1.82, 2.24) is 5.32 Å². The fourth-order valence-electron chi connectivity index (χ4n) is 1.89. The summed E-state index contributed by atoms with van der Waals surface area (Å²) in [4.78, 5) is 2.39. The molecule has 0 saturated heterocycles. The van der Waals surface area contributed by atoms with Gasteiger partial charge in [-0.15, -0.1) is 11.3 Å². The molecule has 0 amide bonds. The highest BCUT2D eigenvalue weighted by atomic mass is 79.9. The topological polar surface area (TPSA) is 12.0 Å². The molecule has 0 bridgehead atoms. The summed E-state index contributed by atoms with van der Waals surface area (Å²) in [5, 5.41) is 3.24. The van der Waals surface area contributed by atoms with E-state index in [0.717, 1.165) is 19.4 Å². The number of hydrogen-bond donors (Lipinski definition) is 1. The quantitative estimate of drug-likeness (QED) is 0.772. The van der Waals surface area contributed by atoms with E-state index in [4.69, 9.17) is 0 Å². The lowest BCUT2D eigenvalue weighted by Crippen LogP contribution is -2.17. The average Bonchev–Trinajstić information content (AvgIpc) is 2.58. The Kier molecular flexibility index (Phi) is 4.59. The van der Waals surface area contributed by atoms with Crippen molar-refractivity contribution in [2.45, 2.75) is 13.0 Å². The Morgan fingerprint density at radius 3 is 2.44 bits per heavy atom. The lowest BCUT2D eigenvalue weighted by molar-refractivity contribution is 0.616. The zero-order valence-corrected chi connectivity index (χ0v) is 13.9. The highest BCUT2D eigenvalue weighted by Crippen LogP contribution is 2.36. The van der Waals surface area contributed by atoms with Crippen LogP contribution < -0.4 is 5.32 Å². The van der Waals surface area contributed by atoms with Gasteiger partial charge in [-0.3, -0.25) is 0 Å². The molecule has 0 saturated carbocycles. The molecule has 0 radical (unpaired) electrons. The molecule has 0 aliphatic carbocycles. The van der Waals surface area contributed by atoms with Crippen LogP contribution in [0.3, 0.4) is 0 Å². The Balaban J connectivity index is 2.48. The standard InChI is InChI=1S/C13H12Br2FNS/c1-7-3-11(15)13(18-7)12(17-2)8-4-9(14)6-10(16)5-8/h3-6,12,17H,1-2H3. The molecule has 2 aromatic rings. The van der Waals surface area contributed by atoms with Crippen LogP contribution in [0.2, 0.25) is 0 Å². The van der Waals surface area contributed by atoms with Crippen molar-refractivity contribution < 1.29 is 4.39 Å². The van der Waals surface area contributed by atoms with Gasteiger partial charge in [0.1, 0.15) is 5.82 Å². The third-order valence-electron chi connectivity index (χ3n) is 2.61. The monoisotopic (exact) mass is 391 g/mol. The highest BCUT2D eigenvalue weighted by molar-refractivity contribution is 9.10. The fourth-order valence-corrected chi connectivity index (χ4v) is 4.39. The van der Waals surface area contributed by atoms with Gasteiger partial charge in [-0.1, -0.05) is 15.9 Å². The molecule has 1 heterocycles. The Morgan fingerprint density at radius 1 is 1.22 bits per heavy atom. The van der Waals surface area contributed by atoms with E-state index < -0.39 is 0 Å². The van der Waals surface area contributed by atoms with Crippen molar-refractivity contribution >= 4 is 43.2 Å². The lowest BCUT2D eigenvalue weighted by atomic mass is 10.1. The first-order valence-corrected chi connectivity index (χ1v) is 7.80. The van der Waals surface area contributed by atoms with E-state index in [1.165, 1.54) is 10.9 Å². The molecule has 0 spiro atoms. The minimum absolute atomic E-state index is 0.00919. The largest absolute Gasteiger partial charge is 0.309 e. The minimum atomic E-state index is -0.232. The summed E-state index contributed by atoms with van der Waals surface area (Å²) in [7, 11) is 1.88. The van der Waals surface area contributed by atoms with Gasteiger partial charge in [0.2, 0.25) is 0 Å². The fraction of sp³-hybridized carbons (Fsp3) is 0.231. The maximum absolute atomic E-state index is 13.5. The van der Waals surface area contributed by atoms with Crippen molar-refractivity contribution in [2.75, 3.05) is 7.05 Å². The van der Waals surface area contributed by atoms with E-state index in [9.17, 15) is 4.39 Å². The molecule has 0 fully saturated rings. The average molecular weight is 393 g/mol. The normalized spacial score (nSPS) is 12.7. The molecule has 1 N–H and O–H groups in total. The molecule has 0 aliphatic rings. The zero-order valence-electron chi connectivity index (χ0n) is 9.93. The number of halogens is 3.